The number of benzene rings is 1. The molecule has 0 unspecified atom stereocenters. The van der Waals surface area contributed by atoms with Crippen molar-refractivity contribution in [3.8, 4) is 5.69 Å². The van der Waals surface area contributed by atoms with Crippen LogP contribution in [0.2, 0.25) is 0 Å². The molecule has 150 valence electrons. The number of rotatable bonds is 3. The maximum absolute atomic E-state index is 13.0. The Morgan fingerprint density at radius 3 is 2.39 bits per heavy atom. The molecule has 28 heavy (non-hydrogen) atoms. The lowest BCUT2D eigenvalue weighted by Crippen LogP contribution is -2.42. The van der Waals surface area contributed by atoms with Crippen LogP contribution in [-0.4, -0.2) is 39.5 Å². The second-order valence-electron chi connectivity index (χ2n) is 7.31. The Balaban J connectivity index is 1.92. The monoisotopic (exact) mass is 393 g/mol. The second-order valence-corrected chi connectivity index (χ2v) is 7.31. The average Bonchev–Trinajstić information content (AvgIpc) is 2.95. The highest BCUT2D eigenvalue weighted by atomic mass is 19.4. The van der Waals surface area contributed by atoms with Crippen molar-refractivity contribution in [3.05, 3.63) is 46.8 Å². The van der Waals surface area contributed by atoms with Gasteiger partial charge in [-0.25, -0.2) is 4.68 Å². The molecule has 0 atom stereocenters. The molecule has 0 aliphatic carbocycles. The lowest BCUT2D eigenvalue weighted by atomic mass is 9.98. The van der Waals surface area contributed by atoms with Crippen LogP contribution in [0, 0.1) is 19.8 Å². The molecule has 0 bridgehead atoms. The summed E-state index contributed by atoms with van der Waals surface area (Å²) in [7, 11) is 0. The molecule has 0 radical (unpaired) electrons. The summed E-state index contributed by atoms with van der Waals surface area (Å²) in [4.78, 5) is 27.0. The molecule has 5 nitrogen and oxygen atoms in total. The Kier molecular flexibility index (Phi) is 5.32. The quantitative estimate of drug-likeness (QED) is 0.586. The SMILES string of the molecule is Cc1nn(-c2cccc(C(F)(F)F)c2)c(C)c1C(=O)C(=O)N1CCC(C)CC1. The van der Waals surface area contributed by atoms with Gasteiger partial charge in [0.15, 0.2) is 0 Å². The molecule has 1 aliphatic heterocycles. The first-order chi connectivity index (χ1) is 13.1. The van der Waals surface area contributed by atoms with Gasteiger partial charge in [0, 0.05) is 13.1 Å². The number of Topliss-reactive ketones (excluding diaryl/α,β-unsaturated/α-hetero) is 1. The van der Waals surface area contributed by atoms with E-state index in [-0.39, 0.29) is 11.3 Å². The van der Waals surface area contributed by atoms with Crippen LogP contribution in [0.25, 0.3) is 5.69 Å². The number of hydrogen-bond acceptors (Lipinski definition) is 3. The Hall–Kier alpha value is -2.64. The van der Waals surface area contributed by atoms with Crippen LogP contribution in [0.3, 0.4) is 0 Å². The summed E-state index contributed by atoms with van der Waals surface area (Å²) in [6, 6.07) is 4.72. The van der Waals surface area contributed by atoms with Gasteiger partial charge in [-0.2, -0.15) is 18.3 Å². The lowest BCUT2D eigenvalue weighted by molar-refractivity contribution is -0.137. The van der Waals surface area contributed by atoms with Gasteiger partial charge in [0.2, 0.25) is 0 Å². The Bertz CT molecular complexity index is 910. The summed E-state index contributed by atoms with van der Waals surface area (Å²) in [5.74, 6) is -0.726. The number of carbonyl (C=O) groups is 2. The van der Waals surface area contributed by atoms with Crippen molar-refractivity contribution < 1.29 is 22.8 Å². The Morgan fingerprint density at radius 1 is 1.14 bits per heavy atom. The van der Waals surface area contributed by atoms with Gasteiger partial charge in [0.05, 0.1) is 28.2 Å². The van der Waals surface area contributed by atoms with Crippen LogP contribution in [0.15, 0.2) is 24.3 Å². The normalized spacial score (nSPS) is 15.7. The molecule has 0 spiro atoms. The fraction of sp³-hybridized carbons (Fsp3) is 0.450. The van der Waals surface area contributed by atoms with Gasteiger partial charge in [-0.3, -0.25) is 9.59 Å². The van der Waals surface area contributed by atoms with Gasteiger partial charge in [-0.05, 0) is 50.8 Å². The fourth-order valence-electron chi connectivity index (χ4n) is 3.50. The van der Waals surface area contributed by atoms with E-state index in [1.807, 2.05) is 0 Å². The van der Waals surface area contributed by atoms with E-state index in [0.29, 0.717) is 30.4 Å². The first-order valence-electron chi connectivity index (χ1n) is 9.17. The summed E-state index contributed by atoms with van der Waals surface area (Å²) in [5, 5.41) is 4.22. The lowest BCUT2D eigenvalue weighted by Gasteiger charge is -2.29. The summed E-state index contributed by atoms with van der Waals surface area (Å²) < 4.78 is 40.3. The topological polar surface area (TPSA) is 55.2 Å². The summed E-state index contributed by atoms with van der Waals surface area (Å²) in [6.07, 6.45) is -2.78. The second kappa shape index (κ2) is 7.41. The van der Waals surface area contributed by atoms with E-state index in [1.54, 1.807) is 18.7 Å². The van der Waals surface area contributed by atoms with E-state index >= 15 is 0 Å². The minimum absolute atomic E-state index is 0.154. The standard InChI is InChI=1S/C20H22F3N3O2/c1-12-7-9-25(10-8-12)19(28)18(27)17-13(2)24-26(14(17)3)16-6-4-5-15(11-16)20(21,22)23/h4-6,11-12H,7-10H2,1-3H3. The molecule has 1 fully saturated rings. The van der Waals surface area contributed by atoms with Gasteiger partial charge in [0.25, 0.3) is 11.7 Å². The van der Waals surface area contributed by atoms with E-state index < -0.39 is 23.4 Å². The number of nitrogens with zero attached hydrogens (tertiary/aromatic N) is 3. The molecule has 2 heterocycles. The van der Waals surface area contributed by atoms with Crippen molar-refractivity contribution >= 4 is 11.7 Å². The van der Waals surface area contributed by atoms with Crippen LogP contribution in [0.1, 0.15) is 47.1 Å². The molecule has 1 aromatic carbocycles. The van der Waals surface area contributed by atoms with Crippen molar-refractivity contribution in [2.24, 2.45) is 5.92 Å². The number of ketones is 1. The van der Waals surface area contributed by atoms with Gasteiger partial charge in [0.1, 0.15) is 0 Å². The molecule has 8 heteroatoms. The summed E-state index contributed by atoms with van der Waals surface area (Å²) in [6.45, 7) is 6.34. The highest BCUT2D eigenvalue weighted by molar-refractivity contribution is 6.43. The number of likely N-dealkylation sites (tertiary alicyclic amines) is 1. The minimum atomic E-state index is -4.48. The van der Waals surface area contributed by atoms with Gasteiger partial charge >= 0.3 is 6.18 Å². The van der Waals surface area contributed by atoms with Crippen LogP contribution in [0.5, 0.6) is 0 Å². The largest absolute Gasteiger partial charge is 0.416 e. The van der Waals surface area contributed by atoms with Gasteiger partial charge in [-0.15, -0.1) is 0 Å². The van der Waals surface area contributed by atoms with E-state index in [2.05, 4.69) is 12.0 Å². The molecule has 1 saturated heterocycles. The zero-order valence-corrected chi connectivity index (χ0v) is 16.0. The van der Waals surface area contributed by atoms with E-state index in [9.17, 15) is 22.8 Å². The van der Waals surface area contributed by atoms with Crippen molar-refractivity contribution in [2.75, 3.05) is 13.1 Å². The van der Waals surface area contributed by atoms with Crippen LogP contribution < -0.4 is 0 Å². The van der Waals surface area contributed by atoms with Crippen molar-refractivity contribution in [1.82, 2.24) is 14.7 Å². The number of hydrogen-bond donors (Lipinski definition) is 0. The predicted octanol–water partition coefficient (Wildman–Crippen LogP) is 3.95. The minimum Gasteiger partial charge on any atom is -0.336 e. The number of aryl methyl sites for hydroxylation is 1. The molecule has 3 rings (SSSR count). The first kappa shape index (κ1) is 20.1. The maximum Gasteiger partial charge on any atom is 0.416 e. The number of carbonyl (C=O) groups excluding carboxylic acids is 2. The average molecular weight is 393 g/mol. The molecule has 2 aromatic rings. The Morgan fingerprint density at radius 2 is 1.79 bits per heavy atom. The van der Waals surface area contributed by atoms with Gasteiger partial charge < -0.3 is 4.90 Å². The van der Waals surface area contributed by atoms with Crippen molar-refractivity contribution in [1.29, 1.82) is 0 Å². The molecule has 1 aliphatic rings. The van der Waals surface area contributed by atoms with E-state index in [0.717, 1.165) is 25.0 Å². The highest BCUT2D eigenvalue weighted by Gasteiger charge is 2.32. The van der Waals surface area contributed by atoms with Gasteiger partial charge in [-0.1, -0.05) is 13.0 Å². The molecule has 0 N–H and O–H groups in total. The van der Waals surface area contributed by atoms with Crippen LogP contribution in [0.4, 0.5) is 13.2 Å². The number of alkyl halides is 3. The zero-order valence-electron chi connectivity index (χ0n) is 16.0. The summed E-state index contributed by atoms with van der Waals surface area (Å²) in [5.41, 5.74) is 0.206. The number of amides is 1. The van der Waals surface area contributed by atoms with Crippen molar-refractivity contribution in [3.63, 3.8) is 0 Å². The van der Waals surface area contributed by atoms with E-state index in [4.69, 9.17) is 0 Å². The summed E-state index contributed by atoms with van der Waals surface area (Å²) >= 11 is 0. The first-order valence-corrected chi connectivity index (χ1v) is 9.17. The third kappa shape index (κ3) is 3.81. The Labute approximate surface area is 161 Å². The third-order valence-electron chi connectivity index (χ3n) is 5.20. The van der Waals surface area contributed by atoms with Crippen LogP contribution in [-0.2, 0) is 11.0 Å². The fourth-order valence-corrected chi connectivity index (χ4v) is 3.50. The van der Waals surface area contributed by atoms with E-state index in [1.165, 1.54) is 16.8 Å². The smallest absolute Gasteiger partial charge is 0.336 e. The maximum atomic E-state index is 13.0. The number of halogens is 3. The predicted molar refractivity (Wildman–Crippen MR) is 97.3 cm³/mol. The molecule has 1 amide bonds. The number of piperidine rings is 1. The highest BCUT2D eigenvalue weighted by Crippen LogP contribution is 2.31. The zero-order chi connectivity index (χ0) is 20.6. The van der Waals surface area contributed by atoms with Crippen LogP contribution >= 0.6 is 0 Å². The molecule has 0 saturated carbocycles. The molecule has 1 aromatic heterocycles. The molecular formula is C20H22F3N3O2. The number of aromatic nitrogens is 2. The molecular weight excluding hydrogens is 371 g/mol. The van der Waals surface area contributed by atoms with Crippen molar-refractivity contribution in [2.45, 2.75) is 39.8 Å². The third-order valence-corrected chi connectivity index (χ3v) is 5.20.